The van der Waals surface area contributed by atoms with Crippen molar-refractivity contribution in [2.45, 2.75) is 58.0 Å². The number of hydrogen-bond acceptors (Lipinski definition) is 5. The maximum Gasteiger partial charge on any atom is 0.266 e. The lowest BCUT2D eigenvalue weighted by Gasteiger charge is -2.28. The topological polar surface area (TPSA) is 90.1 Å². The number of rotatable bonds is 2. The van der Waals surface area contributed by atoms with Gasteiger partial charge in [-0.25, -0.2) is 13.1 Å². The van der Waals surface area contributed by atoms with Gasteiger partial charge in [-0.1, -0.05) is 0 Å². The molecule has 0 unspecified atom stereocenters. The average molecular weight is 379 g/mol. The standard InChI is InChI=1S/C17H25N5O3S/c1-11-16(12(2)22(18-11)17(3,4)5)26(24,25)21-8-7-14-13(10-21)9-15(23)20(6)19-14/h9H,7-8,10H2,1-6H3. The fourth-order valence-corrected chi connectivity index (χ4v) is 5.23. The SMILES string of the molecule is Cc1nn(C(C)(C)C)c(C)c1S(=O)(=O)N1CCc2nn(C)c(=O)cc2C1. The van der Waals surface area contributed by atoms with Gasteiger partial charge in [-0.3, -0.25) is 9.48 Å². The van der Waals surface area contributed by atoms with E-state index < -0.39 is 10.0 Å². The molecule has 0 spiro atoms. The first kappa shape index (κ1) is 18.8. The normalized spacial score (nSPS) is 15.9. The third-order valence-electron chi connectivity index (χ3n) is 4.66. The molecule has 0 radical (unpaired) electrons. The maximum atomic E-state index is 13.3. The number of sulfonamides is 1. The lowest BCUT2D eigenvalue weighted by Crippen LogP contribution is -2.38. The Morgan fingerprint density at radius 1 is 1.15 bits per heavy atom. The van der Waals surface area contributed by atoms with E-state index in [0.717, 1.165) is 5.69 Å². The molecule has 0 N–H and O–H groups in total. The predicted molar refractivity (Wildman–Crippen MR) is 97.5 cm³/mol. The van der Waals surface area contributed by atoms with Crippen LogP contribution in [0.1, 0.15) is 43.4 Å². The first-order chi connectivity index (χ1) is 11.9. The minimum Gasteiger partial charge on any atom is -0.268 e. The van der Waals surface area contributed by atoms with Gasteiger partial charge in [0, 0.05) is 32.6 Å². The summed E-state index contributed by atoms with van der Waals surface area (Å²) in [6.07, 6.45) is 0.480. The number of aromatic nitrogens is 4. The first-order valence-electron chi connectivity index (χ1n) is 8.56. The first-order valence-corrected chi connectivity index (χ1v) is 10.00. The smallest absolute Gasteiger partial charge is 0.266 e. The van der Waals surface area contributed by atoms with Crippen LogP contribution in [0.4, 0.5) is 0 Å². The van der Waals surface area contributed by atoms with Crippen LogP contribution in [0.3, 0.4) is 0 Å². The zero-order valence-corrected chi connectivity index (χ0v) is 16.9. The summed E-state index contributed by atoms with van der Waals surface area (Å²) >= 11 is 0. The molecule has 0 bridgehead atoms. The minimum atomic E-state index is -3.72. The van der Waals surface area contributed by atoms with Crippen molar-refractivity contribution in [3.05, 3.63) is 39.1 Å². The van der Waals surface area contributed by atoms with E-state index in [1.807, 2.05) is 20.8 Å². The van der Waals surface area contributed by atoms with E-state index in [1.165, 1.54) is 15.1 Å². The Morgan fingerprint density at radius 2 is 1.81 bits per heavy atom. The van der Waals surface area contributed by atoms with Crippen LogP contribution in [0.15, 0.2) is 15.8 Å². The summed E-state index contributed by atoms with van der Waals surface area (Å²) in [5.41, 5.74) is 2.01. The average Bonchev–Trinajstić information content (AvgIpc) is 2.83. The molecule has 142 valence electrons. The summed E-state index contributed by atoms with van der Waals surface area (Å²) in [4.78, 5) is 12.1. The molecule has 8 nitrogen and oxygen atoms in total. The molecule has 0 saturated heterocycles. The number of aryl methyl sites for hydroxylation is 2. The molecule has 1 aliphatic heterocycles. The van der Waals surface area contributed by atoms with Crippen LogP contribution in [-0.2, 0) is 35.6 Å². The molecule has 26 heavy (non-hydrogen) atoms. The highest BCUT2D eigenvalue weighted by Gasteiger charge is 2.35. The van der Waals surface area contributed by atoms with Crippen LogP contribution >= 0.6 is 0 Å². The highest BCUT2D eigenvalue weighted by molar-refractivity contribution is 7.89. The molecule has 3 rings (SSSR count). The molecule has 3 heterocycles. The van der Waals surface area contributed by atoms with Crippen molar-refractivity contribution in [2.75, 3.05) is 6.54 Å². The molecule has 2 aromatic heterocycles. The summed E-state index contributed by atoms with van der Waals surface area (Å²) in [6.45, 7) is 9.95. The van der Waals surface area contributed by atoms with Gasteiger partial charge < -0.3 is 0 Å². The van der Waals surface area contributed by atoms with Gasteiger partial charge in [-0.05, 0) is 40.2 Å². The Balaban J connectivity index is 2.04. The highest BCUT2D eigenvalue weighted by atomic mass is 32.2. The fraction of sp³-hybridized carbons (Fsp3) is 0.588. The van der Waals surface area contributed by atoms with Crippen LogP contribution in [-0.4, -0.2) is 38.8 Å². The molecule has 0 aliphatic carbocycles. The molecule has 0 fully saturated rings. The molecular weight excluding hydrogens is 354 g/mol. The van der Waals surface area contributed by atoms with Crippen molar-refractivity contribution in [2.24, 2.45) is 7.05 Å². The van der Waals surface area contributed by atoms with E-state index in [1.54, 1.807) is 25.6 Å². The Morgan fingerprint density at radius 3 is 2.38 bits per heavy atom. The van der Waals surface area contributed by atoms with Gasteiger partial charge in [-0.2, -0.15) is 14.5 Å². The molecule has 0 atom stereocenters. The van der Waals surface area contributed by atoms with Crippen LogP contribution in [0.5, 0.6) is 0 Å². The molecule has 2 aromatic rings. The lowest BCUT2D eigenvalue weighted by molar-refractivity contribution is 0.345. The number of fused-ring (bicyclic) bond motifs is 1. The molecular formula is C17H25N5O3S. The van der Waals surface area contributed by atoms with E-state index >= 15 is 0 Å². The monoisotopic (exact) mass is 379 g/mol. The van der Waals surface area contributed by atoms with E-state index in [4.69, 9.17) is 0 Å². The summed E-state index contributed by atoms with van der Waals surface area (Å²) < 4.78 is 31.1. The Labute approximate surface area is 153 Å². The van der Waals surface area contributed by atoms with E-state index in [-0.39, 0.29) is 22.5 Å². The third-order valence-corrected chi connectivity index (χ3v) is 6.76. The second-order valence-electron chi connectivity index (χ2n) is 7.75. The van der Waals surface area contributed by atoms with Gasteiger partial charge >= 0.3 is 0 Å². The second-order valence-corrected chi connectivity index (χ2v) is 9.62. The van der Waals surface area contributed by atoms with Crippen molar-refractivity contribution >= 4 is 10.0 Å². The van der Waals surface area contributed by atoms with E-state index in [9.17, 15) is 13.2 Å². The molecule has 9 heteroatoms. The van der Waals surface area contributed by atoms with E-state index in [0.29, 0.717) is 29.9 Å². The largest absolute Gasteiger partial charge is 0.268 e. The Kier molecular flexibility index (Phi) is 4.35. The van der Waals surface area contributed by atoms with Gasteiger partial charge in [-0.15, -0.1) is 0 Å². The van der Waals surface area contributed by atoms with Gasteiger partial charge in [0.05, 0.1) is 22.6 Å². The summed E-state index contributed by atoms with van der Waals surface area (Å²) in [7, 11) is -2.12. The van der Waals surface area contributed by atoms with Crippen LogP contribution in [0.25, 0.3) is 0 Å². The Hall–Kier alpha value is -2.00. The molecule has 0 aromatic carbocycles. The minimum absolute atomic E-state index is 0.153. The summed E-state index contributed by atoms with van der Waals surface area (Å²) in [5, 5.41) is 8.70. The number of hydrogen-bond donors (Lipinski definition) is 0. The van der Waals surface area contributed by atoms with Crippen LogP contribution in [0.2, 0.25) is 0 Å². The zero-order chi connectivity index (χ0) is 19.4. The van der Waals surface area contributed by atoms with Gasteiger partial charge in [0.1, 0.15) is 4.90 Å². The van der Waals surface area contributed by atoms with Crippen molar-refractivity contribution in [3.8, 4) is 0 Å². The predicted octanol–water partition coefficient (Wildman–Crippen LogP) is 1.10. The van der Waals surface area contributed by atoms with Crippen molar-refractivity contribution in [3.63, 3.8) is 0 Å². The van der Waals surface area contributed by atoms with Crippen LogP contribution in [0, 0.1) is 13.8 Å². The lowest BCUT2D eigenvalue weighted by atomic mass is 10.1. The second kappa shape index (κ2) is 6.02. The zero-order valence-electron chi connectivity index (χ0n) is 16.1. The van der Waals surface area contributed by atoms with Gasteiger partial charge in [0.2, 0.25) is 10.0 Å². The highest BCUT2D eigenvalue weighted by Crippen LogP contribution is 2.30. The van der Waals surface area contributed by atoms with E-state index in [2.05, 4.69) is 10.2 Å². The third kappa shape index (κ3) is 2.99. The van der Waals surface area contributed by atoms with Gasteiger partial charge in [0.25, 0.3) is 5.56 Å². The molecule has 1 aliphatic rings. The quantitative estimate of drug-likeness (QED) is 0.779. The van der Waals surface area contributed by atoms with Crippen LogP contribution < -0.4 is 5.56 Å². The van der Waals surface area contributed by atoms with Crippen molar-refractivity contribution in [1.29, 1.82) is 0 Å². The summed E-state index contributed by atoms with van der Waals surface area (Å²) in [6, 6.07) is 1.47. The molecule has 0 amide bonds. The fourth-order valence-electron chi connectivity index (χ4n) is 3.46. The van der Waals surface area contributed by atoms with Gasteiger partial charge in [0.15, 0.2) is 0 Å². The summed E-state index contributed by atoms with van der Waals surface area (Å²) in [5.74, 6) is 0. The molecule has 0 saturated carbocycles. The maximum absolute atomic E-state index is 13.3. The Bertz CT molecular complexity index is 1030. The van der Waals surface area contributed by atoms with Crippen molar-refractivity contribution in [1.82, 2.24) is 23.9 Å². The number of nitrogens with zero attached hydrogens (tertiary/aromatic N) is 5. The van der Waals surface area contributed by atoms with Crippen molar-refractivity contribution < 1.29 is 8.42 Å².